The molecule has 0 unspecified atom stereocenters. The highest BCUT2D eigenvalue weighted by Gasteiger charge is 2.33. The van der Waals surface area contributed by atoms with Gasteiger partial charge in [0.05, 0.1) is 5.60 Å². The highest BCUT2D eigenvalue weighted by molar-refractivity contribution is 5.67. The maximum absolute atomic E-state index is 11.7. The highest BCUT2D eigenvalue weighted by Crippen LogP contribution is 2.32. The number of hydrogen-bond donors (Lipinski definition) is 2. The molecule has 2 aromatic carbocycles. The van der Waals surface area contributed by atoms with Gasteiger partial charge in [-0.15, -0.1) is 0 Å². The molecule has 0 spiro atoms. The molecular formula is C22H28N2O3. The first-order valence-corrected chi connectivity index (χ1v) is 9.60. The number of benzene rings is 2. The molecule has 1 saturated heterocycles. The zero-order valence-electron chi connectivity index (χ0n) is 15.6. The van der Waals surface area contributed by atoms with Crippen molar-refractivity contribution in [2.75, 3.05) is 26.2 Å². The van der Waals surface area contributed by atoms with Gasteiger partial charge in [0.1, 0.15) is 6.61 Å². The van der Waals surface area contributed by atoms with Gasteiger partial charge < -0.3 is 20.1 Å². The SMILES string of the molecule is O=C(NCCCN1CCC(O)(c2ccccc2)CC1)OCc1ccccc1. The van der Waals surface area contributed by atoms with E-state index in [1.807, 2.05) is 60.7 Å². The molecule has 2 aromatic rings. The molecule has 3 rings (SSSR count). The Labute approximate surface area is 161 Å². The van der Waals surface area contributed by atoms with Crippen LogP contribution in [0.15, 0.2) is 60.7 Å². The van der Waals surface area contributed by atoms with Crippen molar-refractivity contribution in [2.45, 2.75) is 31.5 Å². The number of piperidine rings is 1. The minimum absolute atomic E-state index is 0.289. The van der Waals surface area contributed by atoms with Gasteiger partial charge in [-0.3, -0.25) is 0 Å². The van der Waals surface area contributed by atoms with Crippen molar-refractivity contribution < 1.29 is 14.6 Å². The molecule has 2 N–H and O–H groups in total. The van der Waals surface area contributed by atoms with Crippen LogP contribution in [-0.4, -0.2) is 42.3 Å². The molecule has 0 saturated carbocycles. The summed E-state index contributed by atoms with van der Waals surface area (Å²) in [6.45, 7) is 3.52. The number of carbonyl (C=O) groups is 1. The molecule has 1 aliphatic rings. The Balaban J connectivity index is 1.30. The molecule has 5 nitrogen and oxygen atoms in total. The quantitative estimate of drug-likeness (QED) is 0.736. The minimum atomic E-state index is -0.711. The summed E-state index contributed by atoms with van der Waals surface area (Å²) in [7, 11) is 0. The molecule has 27 heavy (non-hydrogen) atoms. The van der Waals surface area contributed by atoms with Gasteiger partial charge in [-0.2, -0.15) is 0 Å². The van der Waals surface area contributed by atoms with E-state index in [4.69, 9.17) is 4.74 Å². The Hall–Kier alpha value is -2.37. The van der Waals surface area contributed by atoms with Crippen molar-refractivity contribution >= 4 is 6.09 Å². The van der Waals surface area contributed by atoms with Gasteiger partial charge in [0.2, 0.25) is 0 Å². The second kappa shape index (κ2) is 9.53. The first-order valence-electron chi connectivity index (χ1n) is 9.60. The summed E-state index contributed by atoms with van der Waals surface area (Å²) < 4.78 is 5.20. The number of aliphatic hydroxyl groups is 1. The van der Waals surface area contributed by atoms with E-state index in [-0.39, 0.29) is 12.7 Å². The van der Waals surface area contributed by atoms with Crippen LogP contribution in [0, 0.1) is 0 Å². The van der Waals surface area contributed by atoms with Crippen molar-refractivity contribution in [3.05, 3.63) is 71.8 Å². The van der Waals surface area contributed by atoms with Gasteiger partial charge in [0, 0.05) is 19.6 Å². The molecule has 0 bridgehead atoms. The normalized spacial score (nSPS) is 16.6. The fourth-order valence-electron chi connectivity index (χ4n) is 3.45. The number of likely N-dealkylation sites (tertiary alicyclic amines) is 1. The Morgan fingerprint density at radius 1 is 1.04 bits per heavy atom. The van der Waals surface area contributed by atoms with Crippen molar-refractivity contribution in [3.8, 4) is 0 Å². The van der Waals surface area contributed by atoms with Crippen LogP contribution in [0.5, 0.6) is 0 Å². The number of nitrogens with one attached hydrogen (secondary N) is 1. The maximum atomic E-state index is 11.7. The lowest BCUT2D eigenvalue weighted by atomic mass is 9.84. The van der Waals surface area contributed by atoms with Crippen LogP contribution in [0.1, 0.15) is 30.4 Å². The van der Waals surface area contributed by atoms with Gasteiger partial charge in [0.25, 0.3) is 0 Å². The van der Waals surface area contributed by atoms with E-state index in [0.717, 1.165) is 50.0 Å². The van der Waals surface area contributed by atoms with Crippen LogP contribution >= 0.6 is 0 Å². The van der Waals surface area contributed by atoms with E-state index in [9.17, 15) is 9.90 Å². The first kappa shape index (κ1) is 19.4. The predicted molar refractivity (Wildman–Crippen MR) is 105 cm³/mol. The van der Waals surface area contributed by atoms with Gasteiger partial charge in [-0.05, 0) is 36.9 Å². The lowest BCUT2D eigenvalue weighted by Crippen LogP contribution is -2.43. The monoisotopic (exact) mass is 368 g/mol. The third-order valence-corrected chi connectivity index (χ3v) is 5.13. The van der Waals surface area contributed by atoms with Gasteiger partial charge in [0.15, 0.2) is 0 Å². The number of nitrogens with zero attached hydrogens (tertiary/aromatic N) is 1. The van der Waals surface area contributed by atoms with Crippen LogP contribution in [0.4, 0.5) is 4.79 Å². The lowest BCUT2D eigenvalue weighted by molar-refractivity contribution is -0.0259. The van der Waals surface area contributed by atoms with Crippen LogP contribution in [-0.2, 0) is 16.9 Å². The van der Waals surface area contributed by atoms with Crippen LogP contribution in [0.2, 0.25) is 0 Å². The van der Waals surface area contributed by atoms with Crippen molar-refractivity contribution in [1.29, 1.82) is 0 Å². The molecule has 0 radical (unpaired) electrons. The standard InChI is InChI=1S/C22H28N2O3/c25-21(27-18-19-8-3-1-4-9-19)23-14-7-15-24-16-12-22(26,13-17-24)20-10-5-2-6-11-20/h1-6,8-11,26H,7,12-18H2,(H,23,25). The second-order valence-corrected chi connectivity index (χ2v) is 7.08. The lowest BCUT2D eigenvalue weighted by Gasteiger charge is -2.38. The predicted octanol–water partition coefficient (Wildman–Crippen LogP) is 3.29. The van der Waals surface area contributed by atoms with E-state index in [2.05, 4.69) is 10.2 Å². The third-order valence-electron chi connectivity index (χ3n) is 5.13. The van der Waals surface area contributed by atoms with E-state index in [1.54, 1.807) is 0 Å². The largest absolute Gasteiger partial charge is 0.445 e. The molecule has 144 valence electrons. The third kappa shape index (κ3) is 5.81. The van der Waals surface area contributed by atoms with Crippen LogP contribution in [0.25, 0.3) is 0 Å². The summed E-state index contributed by atoms with van der Waals surface area (Å²) in [5, 5.41) is 13.7. The Morgan fingerprint density at radius 3 is 2.33 bits per heavy atom. The van der Waals surface area contributed by atoms with Crippen molar-refractivity contribution in [1.82, 2.24) is 10.2 Å². The molecule has 1 amide bonds. The van der Waals surface area contributed by atoms with Crippen LogP contribution < -0.4 is 5.32 Å². The molecule has 0 aromatic heterocycles. The fraction of sp³-hybridized carbons (Fsp3) is 0.409. The Kier molecular flexibility index (Phi) is 6.85. The topological polar surface area (TPSA) is 61.8 Å². The summed E-state index contributed by atoms with van der Waals surface area (Å²) in [4.78, 5) is 14.1. The zero-order valence-corrected chi connectivity index (χ0v) is 15.6. The van der Waals surface area contributed by atoms with Crippen molar-refractivity contribution in [3.63, 3.8) is 0 Å². The summed E-state index contributed by atoms with van der Waals surface area (Å²) in [6.07, 6.45) is 1.97. The smallest absolute Gasteiger partial charge is 0.407 e. The molecule has 1 heterocycles. The molecular weight excluding hydrogens is 340 g/mol. The fourth-order valence-corrected chi connectivity index (χ4v) is 3.45. The molecule has 5 heteroatoms. The number of carbonyl (C=O) groups excluding carboxylic acids is 1. The number of amides is 1. The number of hydrogen-bond acceptors (Lipinski definition) is 4. The Morgan fingerprint density at radius 2 is 1.67 bits per heavy atom. The second-order valence-electron chi connectivity index (χ2n) is 7.08. The van der Waals surface area contributed by atoms with Gasteiger partial charge in [-0.1, -0.05) is 60.7 Å². The first-order chi connectivity index (χ1) is 13.2. The molecule has 1 aliphatic heterocycles. The van der Waals surface area contributed by atoms with Gasteiger partial charge in [-0.25, -0.2) is 4.79 Å². The summed E-state index contributed by atoms with van der Waals surface area (Å²) in [5.74, 6) is 0. The summed E-state index contributed by atoms with van der Waals surface area (Å²) in [5.41, 5.74) is 1.27. The highest BCUT2D eigenvalue weighted by atomic mass is 16.5. The molecule has 0 aliphatic carbocycles. The number of rotatable bonds is 7. The van der Waals surface area contributed by atoms with Gasteiger partial charge >= 0.3 is 6.09 Å². The number of ether oxygens (including phenoxy) is 1. The summed E-state index contributed by atoms with van der Waals surface area (Å²) >= 11 is 0. The molecule has 1 fully saturated rings. The molecule has 0 atom stereocenters. The van der Waals surface area contributed by atoms with E-state index in [1.165, 1.54) is 0 Å². The zero-order chi connectivity index (χ0) is 19.0. The average molecular weight is 368 g/mol. The Bertz CT molecular complexity index is 698. The average Bonchev–Trinajstić information content (AvgIpc) is 2.72. The van der Waals surface area contributed by atoms with Crippen molar-refractivity contribution in [2.24, 2.45) is 0 Å². The van der Waals surface area contributed by atoms with Crippen LogP contribution in [0.3, 0.4) is 0 Å². The van der Waals surface area contributed by atoms with E-state index < -0.39 is 5.60 Å². The van der Waals surface area contributed by atoms with E-state index >= 15 is 0 Å². The van der Waals surface area contributed by atoms with E-state index in [0.29, 0.717) is 6.54 Å². The maximum Gasteiger partial charge on any atom is 0.407 e. The minimum Gasteiger partial charge on any atom is -0.445 e. The summed E-state index contributed by atoms with van der Waals surface area (Å²) in [6, 6.07) is 19.6. The number of alkyl carbamates (subject to hydrolysis) is 1.